The molecule has 1 aromatic heterocycles. The van der Waals surface area contributed by atoms with Crippen LogP contribution in [0.3, 0.4) is 0 Å². The van der Waals surface area contributed by atoms with Crippen molar-refractivity contribution >= 4 is 23.3 Å². The molecule has 1 aliphatic rings. The third kappa shape index (κ3) is 3.22. The van der Waals surface area contributed by atoms with Crippen LogP contribution in [0.2, 0.25) is 0 Å². The smallest absolute Gasteiger partial charge is 0.317 e. The van der Waals surface area contributed by atoms with Crippen molar-refractivity contribution in [3.8, 4) is 0 Å². The number of nitrogens with zero attached hydrogens (tertiary/aromatic N) is 2. The Hall–Kier alpha value is -1.56. The molecule has 2 heterocycles. The highest BCUT2D eigenvalue weighted by Gasteiger charge is 2.21. The number of amides is 3. The Bertz CT molecular complexity index is 411. The number of carbonyl (C=O) groups excluding carboxylic acids is 2. The minimum atomic E-state index is -0.0494. The predicted molar refractivity (Wildman–Crippen MR) is 70.4 cm³/mol. The fourth-order valence-electron chi connectivity index (χ4n) is 1.91. The molecule has 5 nitrogen and oxygen atoms in total. The molecule has 3 amide bonds. The van der Waals surface area contributed by atoms with Gasteiger partial charge in [-0.25, -0.2) is 4.79 Å². The lowest BCUT2D eigenvalue weighted by molar-refractivity contribution is -0.130. The molecule has 0 aliphatic carbocycles. The van der Waals surface area contributed by atoms with Gasteiger partial charge in [0.15, 0.2) is 0 Å². The van der Waals surface area contributed by atoms with Gasteiger partial charge < -0.3 is 15.1 Å². The Labute approximate surface area is 110 Å². The number of rotatable bonds is 2. The first-order valence-electron chi connectivity index (χ1n) is 5.97. The lowest BCUT2D eigenvalue weighted by Crippen LogP contribution is -2.52. The predicted octanol–water partition coefficient (Wildman–Crippen LogP) is 1.12. The van der Waals surface area contributed by atoms with E-state index in [2.05, 4.69) is 5.32 Å². The van der Waals surface area contributed by atoms with Gasteiger partial charge in [0.2, 0.25) is 5.91 Å². The normalized spacial score (nSPS) is 15.6. The molecular formula is C12H17N3O2S. The zero-order valence-electron chi connectivity index (χ0n) is 10.4. The molecule has 1 aliphatic heterocycles. The lowest BCUT2D eigenvalue weighted by Gasteiger charge is -2.34. The summed E-state index contributed by atoms with van der Waals surface area (Å²) in [6, 6.07) is 3.92. The summed E-state index contributed by atoms with van der Waals surface area (Å²) < 4.78 is 0. The molecule has 1 saturated heterocycles. The highest BCUT2D eigenvalue weighted by Crippen LogP contribution is 2.08. The van der Waals surface area contributed by atoms with Crippen LogP contribution >= 0.6 is 11.3 Å². The van der Waals surface area contributed by atoms with Crippen LogP contribution in [0.5, 0.6) is 0 Å². The van der Waals surface area contributed by atoms with Gasteiger partial charge in [-0.05, 0) is 11.4 Å². The second kappa shape index (κ2) is 5.86. The van der Waals surface area contributed by atoms with Crippen LogP contribution in [0.1, 0.15) is 11.8 Å². The summed E-state index contributed by atoms with van der Waals surface area (Å²) in [5, 5.41) is 4.89. The largest absolute Gasteiger partial charge is 0.339 e. The molecule has 0 atom stereocenters. The molecule has 1 aromatic rings. The van der Waals surface area contributed by atoms with Crippen LogP contribution < -0.4 is 5.32 Å². The van der Waals surface area contributed by atoms with Crippen LogP contribution in [0.25, 0.3) is 0 Å². The first-order chi connectivity index (χ1) is 8.66. The number of nitrogens with one attached hydrogen (secondary N) is 1. The third-order valence-electron chi connectivity index (χ3n) is 3.01. The van der Waals surface area contributed by atoms with Crippen molar-refractivity contribution in [1.82, 2.24) is 15.1 Å². The van der Waals surface area contributed by atoms with Crippen LogP contribution in [0.15, 0.2) is 17.5 Å². The van der Waals surface area contributed by atoms with Gasteiger partial charge in [0.05, 0.1) is 6.54 Å². The van der Waals surface area contributed by atoms with Crippen molar-refractivity contribution < 1.29 is 9.59 Å². The number of hydrogen-bond acceptors (Lipinski definition) is 3. The Morgan fingerprint density at radius 3 is 2.50 bits per heavy atom. The first kappa shape index (κ1) is 12.9. The molecule has 98 valence electrons. The quantitative estimate of drug-likeness (QED) is 0.873. The Morgan fingerprint density at radius 2 is 1.94 bits per heavy atom. The monoisotopic (exact) mass is 267 g/mol. The molecule has 0 aromatic carbocycles. The maximum atomic E-state index is 11.9. The Morgan fingerprint density at radius 1 is 1.28 bits per heavy atom. The van der Waals surface area contributed by atoms with Gasteiger partial charge in [0.1, 0.15) is 0 Å². The molecule has 1 fully saturated rings. The zero-order chi connectivity index (χ0) is 13.0. The van der Waals surface area contributed by atoms with E-state index in [0.29, 0.717) is 32.7 Å². The fraction of sp³-hybridized carbons (Fsp3) is 0.500. The van der Waals surface area contributed by atoms with Crippen LogP contribution in [-0.2, 0) is 11.3 Å². The van der Waals surface area contributed by atoms with Gasteiger partial charge >= 0.3 is 6.03 Å². The Kier molecular flexibility index (Phi) is 4.19. The maximum Gasteiger partial charge on any atom is 0.317 e. The summed E-state index contributed by atoms with van der Waals surface area (Å²) in [5.41, 5.74) is 0. The number of piperazine rings is 1. The van der Waals surface area contributed by atoms with Gasteiger partial charge in [-0.1, -0.05) is 6.07 Å². The summed E-state index contributed by atoms with van der Waals surface area (Å²) >= 11 is 1.63. The number of urea groups is 1. The summed E-state index contributed by atoms with van der Waals surface area (Å²) in [7, 11) is 0. The number of carbonyl (C=O) groups is 2. The second-order valence-corrected chi connectivity index (χ2v) is 5.26. The van der Waals surface area contributed by atoms with E-state index in [1.807, 2.05) is 17.5 Å². The summed E-state index contributed by atoms with van der Waals surface area (Å²) in [6.45, 7) is 4.60. The van der Waals surface area contributed by atoms with Gasteiger partial charge in [-0.15, -0.1) is 11.3 Å². The highest BCUT2D eigenvalue weighted by molar-refractivity contribution is 7.09. The average Bonchev–Trinajstić information content (AvgIpc) is 2.89. The third-order valence-corrected chi connectivity index (χ3v) is 3.88. The van der Waals surface area contributed by atoms with Gasteiger partial charge in [0, 0.05) is 38.0 Å². The summed E-state index contributed by atoms with van der Waals surface area (Å²) in [4.78, 5) is 27.7. The lowest BCUT2D eigenvalue weighted by atomic mass is 10.3. The van der Waals surface area contributed by atoms with Crippen molar-refractivity contribution in [2.24, 2.45) is 0 Å². The molecule has 6 heteroatoms. The van der Waals surface area contributed by atoms with E-state index < -0.39 is 0 Å². The molecule has 0 spiro atoms. The minimum Gasteiger partial charge on any atom is -0.339 e. The van der Waals surface area contributed by atoms with Crippen molar-refractivity contribution in [1.29, 1.82) is 0 Å². The van der Waals surface area contributed by atoms with Gasteiger partial charge in [0.25, 0.3) is 0 Å². The summed E-state index contributed by atoms with van der Waals surface area (Å²) in [5.74, 6) is 0.0774. The standard InChI is InChI=1S/C12H17N3O2S/c1-10(16)14-4-6-15(7-5-14)12(17)13-9-11-3-2-8-18-11/h2-3,8H,4-7,9H2,1H3,(H,13,17). The average molecular weight is 267 g/mol. The topological polar surface area (TPSA) is 52.7 Å². The Balaban J connectivity index is 1.75. The first-order valence-corrected chi connectivity index (χ1v) is 6.85. The van der Waals surface area contributed by atoms with E-state index in [4.69, 9.17) is 0 Å². The molecule has 0 radical (unpaired) electrons. The second-order valence-electron chi connectivity index (χ2n) is 4.23. The van der Waals surface area contributed by atoms with Crippen molar-refractivity contribution in [2.45, 2.75) is 13.5 Å². The molecule has 0 unspecified atom stereocenters. The van der Waals surface area contributed by atoms with Gasteiger partial charge in [-0.3, -0.25) is 4.79 Å². The molecule has 2 rings (SSSR count). The van der Waals surface area contributed by atoms with E-state index in [1.165, 1.54) is 0 Å². The molecular weight excluding hydrogens is 250 g/mol. The van der Waals surface area contributed by atoms with Crippen molar-refractivity contribution in [3.63, 3.8) is 0 Å². The van der Waals surface area contributed by atoms with Crippen LogP contribution in [0, 0.1) is 0 Å². The minimum absolute atomic E-state index is 0.0494. The summed E-state index contributed by atoms with van der Waals surface area (Å²) in [6.07, 6.45) is 0. The number of hydrogen-bond donors (Lipinski definition) is 1. The molecule has 18 heavy (non-hydrogen) atoms. The van der Waals surface area contributed by atoms with Crippen molar-refractivity contribution in [3.05, 3.63) is 22.4 Å². The fourth-order valence-corrected chi connectivity index (χ4v) is 2.56. The molecule has 0 saturated carbocycles. The van der Waals surface area contributed by atoms with E-state index in [9.17, 15) is 9.59 Å². The van der Waals surface area contributed by atoms with E-state index in [0.717, 1.165) is 4.88 Å². The maximum absolute atomic E-state index is 11.9. The van der Waals surface area contributed by atoms with Crippen LogP contribution in [0.4, 0.5) is 4.79 Å². The van der Waals surface area contributed by atoms with E-state index in [-0.39, 0.29) is 11.9 Å². The van der Waals surface area contributed by atoms with E-state index in [1.54, 1.807) is 28.1 Å². The van der Waals surface area contributed by atoms with Crippen LogP contribution in [-0.4, -0.2) is 47.9 Å². The zero-order valence-corrected chi connectivity index (χ0v) is 11.2. The molecule has 0 bridgehead atoms. The number of thiophene rings is 1. The van der Waals surface area contributed by atoms with Gasteiger partial charge in [-0.2, -0.15) is 0 Å². The van der Waals surface area contributed by atoms with Crippen molar-refractivity contribution in [2.75, 3.05) is 26.2 Å². The van der Waals surface area contributed by atoms with E-state index >= 15 is 0 Å². The SMILES string of the molecule is CC(=O)N1CCN(C(=O)NCc2cccs2)CC1. The molecule has 1 N–H and O–H groups in total. The highest BCUT2D eigenvalue weighted by atomic mass is 32.1.